The Morgan fingerprint density at radius 1 is 1.50 bits per heavy atom. The topological polar surface area (TPSA) is 95.6 Å². The van der Waals surface area contributed by atoms with Crippen molar-refractivity contribution in [3.05, 3.63) is 35.8 Å². The van der Waals surface area contributed by atoms with E-state index in [1.54, 1.807) is 12.1 Å². The van der Waals surface area contributed by atoms with Gasteiger partial charge >= 0.3 is 0 Å². The van der Waals surface area contributed by atoms with Crippen molar-refractivity contribution in [2.24, 2.45) is 5.73 Å². The molecule has 0 aliphatic carbocycles. The summed E-state index contributed by atoms with van der Waals surface area (Å²) in [6.07, 6.45) is 3.19. The molecule has 0 spiro atoms. The molecule has 0 fully saturated rings. The number of carbonyl (C=O) groups excluding carboxylic acids is 1. The molecule has 2 aromatic heterocycles. The minimum atomic E-state index is 0.479. The van der Waals surface area contributed by atoms with Crippen LogP contribution in [-0.2, 0) is 0 Å². The average molecular weight is 214 g/mol. The second kappa shape index (κ2) is 3.98. The Balaban J connectivity index is 2.59. The highest BCUT2D eigenvalue weighted by Crippen LogP contribution is 2.16. The van der Waals surface area contributed by atoms with Crippen LogP contribution in [0.4, 0.5) is 0 Å². The molecule has 0 aliphatic heterocycles. The van der Waals surface area contributed by atoms with E-state index in [0.717, 1.165) is 17.9 Å². The maximum Gasteiger partial charge on any atom is 0.166 e. The van der Waals surface area contributed by atoms with Crippen LogP contribution >= 0.6 is 0 Å². The van der Waals surface area contributed by atoms with Crippen LogP contribution in [0.5, 0.6) is 0 Å². The van der Waals surface area contributed by atoms with Crippen molar-refractivity contribution >= 4 is 29.1 Å². The molecule has 0 saturated carbocycles. The van der Waals surface area contributed by atoms with Crippen LogP contribution in [0.25, 0.3) is 16.6 Å². The van der Waals surface area contributed by atoms with Gasteiger partial charge in [0.15, 0.2) is 6.29 Å². The number of aldehydes is 1. The largest absolute Gasteiger partial charge is 0.404 e. The van der Waals surface area contributed by atoms with E-state index >= 15 is 0 Å². The number of aromatic nitrogens is 2. The number of allylic oxidation sites excluding steroid dienone is 1. The Morgan fingerprint density at radius 3 is 2.94 bits per heavy atom. The number of carbonyl (C=O) groups is 1. The van der Waals surface area contributed by atoms with Gasteiger partial charge in [0.1, 0.15) is 5.65 Å². The normalized spacial score (nSPS) is 11.6. The van der Waals surface area contributed by atoms with Gasteiger partial charge in [-0.05, 0) is 18.2 Å². The Hall–Kier alpha value is -2.43. The fraction of sp³-hybridized carbons (Fsp3) is 0. The minimum Gasteiger partial charge on any atom is -0.404 e. The number of rotatable bonds is 3. The Labute approximate surface area is 91.5 Å². The van der Waals surface area contributed by atoms with Crippen LogP contribution < -0.4 is 5.73 Å². The van der Waals surface area contributed by atoms with Gasteiger partial charge in [-0.3, -0.25) is 4.79 Å². The van der Waals surface area contributed by atoms with E-state index in [4.69, 9.17) is 11.1 Å². The van der Waals surface area contributed by atoms with Crippen molar-refractivity contribution in [1.29, 1.82) is 5.41 Å². The lowest BCUT2D eigenvalue weighted by atomic mass is 10.2. The van der Waals surface area contributed by atoms with Crippen molar-refractivity contribution < 1.29 is 4.79 Å². The fourth-order valence-electron chi connectivity index (χ4n) is 1.46. The summed E-state index contributed by atoms with van der Waals surface area (Å²) in [4.78, 5) is 17.7. The van der Waals surface area contributed by atoms with Gasteiger partial charge < -0.3 is 16.1 Å². The van der Waals surface area contributed by atoms with E-state index in [1.807, 2.05) is 6.07 Å². The third kappa shape index (κ3) is 1.58. The van der Waals surface area contributed by atoms with Gasteiger partial charge in [-0.15, -0.1) is 0 Å². The van der Waals surface area contributed by atoms with Crippen molar-refractivity contribution in [2.75, 3.05) is 0 Å². The molecular weight excluding hydrogens is 204 g/mol. The molecule has 0 aromatic carbocycles. The molecule has 16 heavy (non-hydrogen) atoms. The van der Waals surface area contributed by atoms with Crippen LogP contribution in [-0.4, -0.2) is 22.5 Å². The average Bonchev–Trinajstić information content (AvgIpc) is 2.73. The fourth-order valence-corrected chi connectivity index (χ4v) is 1.46. The molecule has 0 bridgehead atoms. The lowest BCUT2D eigenvalue weighted by Crippen LogP contribution is -1.94. The monoisotopic (exact) mass is 214 g/mol. The van der Waals surface area contributed by atoms with Crippen molar-refractivity contribution in [3.63, 3.8) is 0 Å². The van der Waals surface area contributed by atoms with Gasteiger partial charge in [0, 0.05) is 23.4 Å². The first-order valence-corrected chi connectivity index (χ1v) is 4.66. The van der Waals surface area contributed by atoms with Gasteiger partial charge in [0.2, 0.25) is 0 Å². The smallest absolute Gasteiger partial charge is 0.166 e. The van der Waals surface area contributed by atoms with Gasteiger partial charge in [0.05, 0.1) is 11.4 Å². The first kappa shape index (κ1) is 10.1. The van der Waals surface area contributed by atoms with Crippen LogP contribution in [0.2, 0.25) is 0 Å². The van der Waals surface area contributed by atoms with E-state index in [2.05, 4.69) is 9.97 Å². The SMILES string of the molecule is N=CC(=CN)c1ccc2cc(C=O)[nH]c2n1. The summed E-state index contributed by atoms with van der Waals surface area (Å²) in [5.74, 6) is 0. The number of nitrogens with two attached hydrogens (primary N) is 1. The molecule has 2 heterocycles. The molecule has 0 unspecified atom stereocenters. The van der Waals surface area contributed by atoms with Crippen molar-refractivity contribution in [3.8, 4) is 0 Å². The zero-order valence-corrected chi connectivity index (χ0v) is 8.40. The highest BCUT2D eigenvalue weighted by atomic mass is 16.1. The Kier molecular flexibility index (Phi) is 2.51. The molecule has 2 aromatic rings. The first-order valence-electron chi connectivity index (χ1n) is 4.66. The highest BCUT2D eigenvalue weighted by Gasteiger charge is 2.04. The third-order valence-corrected chi connectivity index (χ3v) is 2.26. The second-order valence-electron chi connectivity index (χ2n) is 3.24. The number of fused-ring (bicyclic) bond motifs is 1. The molecule has 0 aliphatic rings. The number of pyridine rings is 1. The quantitative estimate of drug-likeness (QED) is 0.531. The predicted molar refractivity (Wildman–Crippen MR) is 62.4 cm³/mol. The number of aromatic amines is 1. The van der Waals surface area contributed by atoms with E-state index in [9.17, 15) is 4.79 Å². The molecule has 0 amide bonds. The number of nitrogens with one attached hydrogen (secondary N) is 2. The zero-order valence-electron chi connectivity index (χ0n) is 8.40. The highest BCUT2D eigenvalue weighted by molar-refractivity contribution is 6.07. The maximum atomic E-state index is 10.6. The zero-order chi connectivity index (χ0) is 11.5. The minimum absolute atomic E-state index is 0.479. The molecular formula is C11H10N4O. The maximum absolute atomic E-state index is 10.6. The van der Waals surface area contributed by atoms with E-state index in [-0.39, 0.29) is 0 Å². The molecule has 5 heteroatoms. The standard InChI is InChI=1S/C11H10N4O/c12-4-8(5-13)10-2-1-7-3-9(6-16)14-11(7)15-10/h1-6,12H,13H2,(H,14,15). The molecule has 80 valence electrons. The number of H-pyrrole nitrogens is 1. The Morgan fingerprint density at radius 2 is 2.31 bits per heavy atom. The summed E-state index contributed by atoms with van der Waals surface area (Å²) in [6, 6.07) is 5.30. The number of hydrogen-bond acceptors (Lipinski definition) is 4. The summed E-state index contributed by atoms with van der Waals surface area (Å²) < 4.78 is 0. The van der Waals surface area contributed by atoms with Gasteiger partial charge in [0.25, 0.3) is 0 Å². The summed E-state index contributed by atoms with van der Waals surface area (Å²) in [5.41, 5.74) is 7.60. The van der Waals surface area contributed by atoms with Crippen LogP contribution in [0.1, 0.15) is 16.2 Å². The Bertz CT molecular complexity index is 583. The number of hydrogen-bond donors (Lipinski definition) is 3. The molecule has 0 saturated heterocycles. The summed E-state index contributed by atoms with van der Waals surface area (Å²) in [7, 11) is 0. The summed E-state index contributed by atoms with van der Waals surface area (Å²) in [5, 5.41) is 8.02. The molecule has 2 rings (SSSR count). The summed E-state index contributed by atoms with van der Waals surface area (Å²) in [6.45, 7) is 0. The van der Waals surface area contributed by atoms with E-state index in [1.165, 1.54) is 6.20 Å². The molecule has 0 radical (unpaired) electrons. The van der Waals surface area contributed by atoms with E-state index < -0.39 is 0 Å². The molecule has 4 N–H and O–H groups in total. The van der Waals surface area contributed by atoms with Crippen LogP contribution in [0.15, 0.2) is 24.4 Å². The predicted octanol–water partition coefficient (Wildman–Crippen LogP) is 1.32. The van der Waals surface area contributed by atoms with Crippen LogP contribution in [0.3, 0.4) is 0 Å². The van der Waals surface area contributed by atoms with Gasteiger partial charge in [-0.1, -0.05) is 0 Å². The van der Waals surface area contributed by atoms with Crippen LogP contribution in [0, 0.1) is 5.41 Å². The van der Waals surface area contributed by atoms with Gasteiger partial charge in [-0.2, -0.15) is 0 Å². The lowest BCUT2D eigenvalue weighted by Gasteiger charge is -1.99. The third-order valence-electron chi connectivity index (χ3n) is 2.26. The first-order chi connectivity index (χ1) is 7.78. The lowest BCUT2D eigenvalue weighted by molar-refractivity contribution is 0.112. The van der Waals surface area contributed by atoms with Crippen molar-refractivity contribution in [2.45, 2.75) is 0 Å². The second-order valence-corrected chi connectivity index (χ2v) is 3.24. The summed E-state index contributed by atoms with van der Waals surface area (Å²) >= 11 is 0. The van der Waals surface area contributed by atoms with Crippen molar-refractivity contribution in [1.82, 2.24) is 9.97 Å². The molecule has 0 atom stereocenters. The number of nitrogens with zero attached hydrogens (tertiary/aromatic N) is 1. The van der Waals surface area contributed by atoms with E-state index in [0.29, 0.717) is 22.6 Å². The molecule has 5 nitrogen and oxygen atoms in total. The van der Waals surface area contributed by atoms with Gasteiger partial charge in [-0.25, -0.2) is 4.98 Å².